The fourth-order valence-electron chi connectivity index (χ4n) is 3.32. The lowest BCUT2D eigenvalue weighted by atomic mass is 9.96. The molecule has 1 saturated carbocycles. The van der Waals surface area contributed by atoms with Gasteiger partial charge >= 0.3 is 5.97 Å². The Morgan fingerprint density at radius 1 is 1.14 bits per heavy atom. The van der Waals surface area contributed by atoms with Gasteiger partial charge in [-0.25, -0.2) is 8.78 Å². The van der Waals surface area contributed by atoms with Crippen LogP contribution in [0.15, 0.2) is 42.6 Å². The normalized spacial score (nSPS) is 14.0. The first-order valence-electron chi connectivity index (χ1n) is 9.63. The molecule has 0 atom stereocenters. The van der Waals surface area contributed by atoms with E-state index in [-0.39, 0.29) is 25.6 Å². The molecule has 3 aromatic rings. The van der Waals surface area contributed by atoms with Crippen molar-refractivity contribution in [2.24, 2.45) is 0 Å². The topological polar surface area (TPSA) is 60.7 Å². The third kappa shape index (κ3) is 4.18. The zero-order chi connectivity index (χ0) is 20.4. The van der Waals surface area contributed by atoms with Gasteiger partial charge in [0.15, 0.2) is 17.4 Å². The highest BCUT2D eigenvalue weighted by Crippen LogP contribution is 2.31. The van der Waals surface area contributed by atoms with Gasteiger partial charge in [0.1, 0.15) is 5.75 Å². The predicted molar refractivity (Wildman–Crippen MR) is 104 cm³/mol. The minimum atomic E-state index is -0.981. The van der Waals surface area contributed by atoms with Crippen LogP contribution in [-0.2, 0) is 4.79 Å². The van der Waals surface area contributed by atoms with E-state index in [1.807, 2.05) is 24.3 Å². The number of hydrogen-bond acceptors (Lipinski definition) is 3. The number of ether oxygens (including phenoxy) is 2. The number of aromatic nitrogens is 1. The number of carboxylic acid groups (broad SMARTS) is 1. The van der Waals surface area contributed by atoms with Gasteiger partial charge in [-0.1, -0.05) is 0 Å². The lowest BCUT2D eigenvalue weighted by molar-refractivity contribution is -0.137. The number of fused-ring (bicyclic) bond motifs is 1. The van der Waals surface area contributed by atoms with Crippen molar-refractivity contribution in [3.05, 3.63) is 54.2 Å². The molecule has 1 aromatic heterocycles. The second-order valence-electron chi connectivity index (χ2n) is 7.16. The highest BCUT2D eigenvalue weighted by Gasteiger charge is 2.19. The van der Waals surface area contributed by atoms with Gasteiger partial charge < -0.3 is 19.1 Å². The predicted octanol–water partition coefficient (Wildman–Crippen LogP) is 5.08. The molecule has 1 heterocycles. The number of rotatable bonds is 8. The van der Waals surface area contributed by atoms with Crippen molar-refractivity contribution in [3.8, 4) is 17.2 Å². The Morgan fingerprint density at radius 2 is 1.90 bits per heavy atom. The molecule has 1 aliphatic rings. The summed E-state index contributed by atoms with van der Waals surface area (Å²) in [5, 5.41) is 9.52. The van der Waals surface area contributed by atoms with Crippen LogP contribution in [-0.4, -0.2) is 28.4 Å². The molecule has 2 aromatic carbocycles. The molecule has 1 fully saturated rings. The first-order chi connectivity index (χ1) is 14.0. The zero-order valence-corrected chi connectivity index (χ0v) is 15.7. The van der Waals surface area contributed by atoms with Crippen molar-refractivity contribution >= 4 is 16.9 Å². The first kappa shape index (κ1) is 19.2. The third-order valence-corrected chi connectivity index (χ3v) is 5.06. The molecular weight excluding hydrogens is 380 g/mol. The van der Waals surface area contributed by atoms with Gasteiger partial charge in [0.05, 0.1) is 23.9 Å². The van der Waals surface area contributed by atoms with Gasteiger partial charge in [0.2, 0.25) is 0 Å². The average molecular weight is 401 g/mol. The monoisotopic (exact) mass is 401 g/mol. The van der Waals surface area contributed by atoms with E-state index in [1.165, 1.54) is 18.6 Å². The molecule has 29 heavy (non-hydrogen) atoms. The molecule has 5 nitrogen and oxygen atoms in total. The molecule has 0 bridgehead atoms. The number of carboxylic acids is 1. The summed E-state index contributed by atoms with van der Waals surface area (Å²) in [6.45, 7) is -0.0737. The van der Waals surface area contributed by atoms with Crippen LogP contribution in [0.4, 0.5) is 8.78 Å². The first-order valence-corrected chi connectivity index (χ1v) is 9.63. The van der Waals surface area contributed by atoms with Gasteiger partial charge in [-0.3, -0.25) is 4.79 Å². The molecular formula is C22H21F2NO4. The summed E-state index contributed by atoms with van der Waals surface area (Å²) in [5.41, 5.74) is 1.14. The van der Waals surface area contributed by atoms with E-state index in [0.717, 1.165) is 29.5 Å². The Labute approximate surface area is 166 Å². The van der Waals surface area contributed by atoms with Crippen LogP contribution >= 0.6 is 0 Å². The summed E-state index contributed by atoms with van der Waals surface area (Å²) in [7, 11) is 0. The summed E-state index contributed by atoms with van der Waals surface area (Å²) < 4.78 is 41.6. The van der Waals surface area contributed by atoms with Crippen molar-refractivity contribution < 1.29 is 28.2 Å². The third-order valence-electron chi connectivity index (χ3n) is 5.06. The van der Waals surface area contributed by atoms with Crippen LogP contribution < -0.4 is 9.47 Å². The van der Waals surface area contributed by atoms with Crippen LogP contribution in [0.25, 0.3) is 16.6 Å². The second-order valence-corrected chi connectivity index (χ2v) is 7.16. The van der Waals surface area contributed by atoms with Crippen molar-refractivity contribution in [1.82, 2.24) is 4.57 Å². The van der Waals surface area contributed by atoms with E-state index < -0.39 is 23.4 Å². The minimum absolute atomic E-state index is 0.0737. The SMILES string of the molecule is O=C(O)CCCOc1c(F)cc(-n2ccc3cc(OC4CCC4)ccc32)cc1F. The fourth-order valence-corrected chi connectivity index (χ4v) is 3.32. The van der Waals surface area contributed by atoms with Crippen molar-refractivity contribution in [2.45, 2.75) is 38.2 Å². The number of halogens is 2. The van der Waals surface area contributed by atoms with Gasteiger partial charge in [-0.05, 0) is 49.9 Å². The van der Waals surface area contributed by atoms with Crippen molar-refractivity contribution in [1.29, 1.82) is 0 Å². The standard InChI is InChI=1S/C22H21F2NO4/c23-18-12-15(13-19(24)22(18)28-10-2-5-21(26)27)25-9-8-14-11-17(6-7-20(14)25)29-16-3-1-4-16/h6-9,11-13,16H,1-5,10H2,(H,26,27). The summed E-state index contributed by atoms with van der Waals surface area (Å²) in [5.74, 6) is -2.34. The molecule has 7 heteroatoms. The lowest BCUT2D eigenvalue weighted by Crippen LogP contribution is -2.24. The Morgan fingerprint density at radius 3 is 2.55 bits per heavy atom. The Kier molecular flexibility index (Phi) is 5.38. The van der Waals surface area contributed by atoms with Gasteiger partial charge in [0, 0.05) is 30.1 Å². The largest absolute Gasteiger partial charge is 0.490 e. The summed E-state index contributed by atoms with van der Waals surface area (Å²) in [6, 6.07) is 9.94. The fraction of sp³-hybridized carbons (Fsp3) is 0.318. The quantitative estimate of drug-likeness (QED) is 0.535. The second kappa shape index (κ2) is 8.11. The van der Waals surface area contributed by atoms with Crippen LogP contribution in [0.3, 0.4) is 0 Å². The minimum Gasteiger partial charge on any atom is -0.490 e. The molecule has 0 spiro atoms. The van der Waals surface area contributed by atoms with Gasteiger partial charge in [-0.2, -0.15) is 0 Å². The Bertz CT molecular complexity index is 1020. The van der Waals surface area contributed by atoms with Crippen LogP contribution in [0, 0.1) is 11.6 Å². The van der Waals surface area contributed by atoms with Gasteiger partial charge in [0.25, 0.3) is 0 Å². The van der Waals surface area contributed by atoms with E-state index in [9.17, 15) is 13.6 Å². The summed E-state index contributed by atoms with van der Waals surface area (Å²) in [4.78, 5) is 10.5. The molecule has 0 saturated heterocycles. The number of aliphatic carboxylic acids is 1. The number of benzene rings is 2. The molecule has 0 unspecified atom stereocenters. The van der Waals surface area contributed by atoms with Crippen molar-refractivity contribution in [2.75, 3.05) is 6.61 Å². The number of nitrogens with zero attached hydrogens (tertiary/aromatic N) is 1. The van der Waals surface area contributed by atoms with Crippen molar-refractivity contribution in [3.63, 3.8) is 0 Å². The maximum Gasteiger partial charge on any atom is 0.303 e. The molecule has 1 N–H and O–H groups in total. The molecule has 0 aliphatic heterocycles. The number of hydrogen-bond donors (Lipinski definition) is 1. The van der Waals surface area contributed by atoms with Crippen LogP contribution in [0.2, 0.25) is 0 Å². The number of carbonyl (C=O) groups is 1. The maximum absolute atomic E-state index is 14.4. The summed E-state index contributed by atoms with van der Waals surface area (Å²) >= 11 is 0. The lowest BCUT2D eigenvalue weighted by Gasteiger charge is -2.26. The molecule has 1 aliphatic carbocycles. The van der Waals surface area contributed by atoms with Gasteiger partial charge in [-0.15, -0.1) is 0 Å². The highest BCUT2D eigenvalue weighted by molar-refractivity contribution is 5.83. The van der Waals surface area contributed by atoms with E-state index in [1.54, 1.807) is 10.8 Å². The molecule has 152 valence electrons. The zero-order valence-electron chi connectivity index (χ0n) is 15.7. The molecule has 0 amide bonds. The van der Waals surface area contributed by atoms with Crippen LogP contribution in [0.1, 0.15) is 32.1 Å². The van der Waals surface area contributed by atoms with E-state index in [0.29, 0.717) is 5.69 Å². The average Bonchev–Trinajstić information content (AvgIpc) is 3.06. The molecule has 4 rings (SSSR count). The Hall–Kier alpha value is -3.09. The highest BCUT2D eigenvalue weighted by atomic mass is 19.1. The smallest absolute Gasteiger partial charge is 0.303 e. The molecule has 0 radical (unpaired) electrons. The van der Waals surface area contributed by atoms with E-state index in [4.69, 9.17) is 14.6 Å². The van der Waals surface area contributed by atoms with Crippen LogP contribution in [0.5, 0.6) is 11.5 Å². The van der Waals surface area contributed by atoms with E-state index >= 15 is 0 Å². The summed E-state index contributed by atoms with van der Waals surface area (Å²) in [6.07, 6.45) is 5.41. The Balaban J connectivity index is 1.54. The van der Waals surface area contributed by atoms with E-state index in [2.05, 4.69) is 0 Å². The maximum atomic E-state index is 14.4.